The van der Waals surface area contributed by atoms with E-state index in [0.29, 0.717) is 12.8 Å². The largest absolute Gasteiger partial charge is 0.457 e. The van der Waals surface area contributed by atoms with Gasteiger partial charge in [0.2, 0.25) is 5.95 Å². The first-order chi connectivity index (χ1) is 11.1. The molecule has 0 aliphatic heterocycles. The van der Waals surface area contributed by atoms with Crippen LogP contribution in [0.4, 0.5) is 4.39 Å². The van der Waals surface area contributed by atoms with Crippen LogP contribution >= 0.6 is 0 Å². The van der Waals surface area contributed by atoms with Crippen LogP contribution in [-0.2, 0) is 9.47 Å². The molecule has 0 radical (unpaired) electrons. The molecule has 122 valence electrons. The number of nitrogens with zero attached hydrogens (tertiary/aromatic N) is 2. The van der Waals surface area contributed by atoms with E-state index in [-0.39, 0.29) is 23.9 Å². The summed E-state index contributed by atoms with van der Waals surface area (Å²) in [7, 11) is 1.63. The van der Waals surface area contributed by atoms with E-state index in [9.17, 15) is 9.18 Å². The summed E-state index contributed by atoms with van der Waals surface area (Å²) in [6.07, 6.45) is 1.31. The number of aromatic nitrogens is 2. The lowest BCUT2D eigenvalue weighted by atomic mass is 9.92. The van der Waals surface area contributed by atoms with E-state index >= 15 is 0 Å². The lowest BCUT2D eigenvalue weighted by molar-refractivity contribution is -0.0646. The number of hydrogen-bond donors (Lipinski definition) is 0. The van der Waals surface area contributed by atoms with Crippen molar-refractivity contribution in [2.24, 2.45) is 0 Å². The molecule has 1 aliphatic rings. The summed E-state index contributed by atoms with van der Waals surface area (Å²) in [5.41, 5.74) is 1.06. The number of hydrogen-bond acceptors (Lipinski definition) is 4. The molecule has 0 amide bonds. The van der Waals surface area contributed by atoms with Gasteiger partial charge in [-0.3, -0.25) is 0 Å². The maximum absolute atomic E-state index is 13.6. The first-order valence-electron chi connectivity index (χ1n) is 7.62. The van der Waals surface area contributed by atoms with Crippen LogP contribution in [0.2, 0.25) is 0 Å². The molecule has 1 aromatic carbocycles. The van der Waals surface area contributed by atoms with Crippen LogP contribution in [0.15, 0.2) is 36.4 Å². The highest BCUT2D eigenvalue weighted by molar-refractivity contribution is 5.87. The fourth-order valence-electron chi connectivity index (χ4n) is 2.70. The maximum atomic E-state index is 13.6. The molecule has 1 heterocycles. The molecule has 1 fully saturated rings. The lowest BCUT2D eigenvalue weighted by Crippen LogP contribution is -2.38. The fourth-order valence-corrected chi connectivity index (χ4v) is 2.70. The molecule has 1 saturated carbocycles. The Bertz CT molecular complexity index is 680. The van der Waals surface area contributed by atoms with Crippen LogP contribution in [0.3, 0.4) is 0 Å². The quantitative estimate of drug-likeness (QED) is 0.795. The smallest absolute Gasteiger partial charge is 0.357 e. The first-order valence-corrected chi connectivity index (χ1v) is 7.62. The molecule has 23 heavy (non-hydrogen) atoms. The second kappa shape index (κ2) is 6.50. The van der Waals surface area contributed by atoms with Crippen molar-refractivity contribution in [1.29, 1.82) is 0 Å². The van der Waals surface area contributed by atoms with Gasteiger partial charge < -0.3 is 9.47 Å². The minimum Gasteiger partial charge on any atom is -0.457 e. The molecule has 0 spiro atoms. The van der Waals surface area contributed by atoms with E-state index < -0.39 is 11.9 Å². The highest BCUT2D eigenvalue weighted by atomic mass is 19.1. The van der Waals surface area contributed by atoms with E-state index in [1.165, 1.54) is 4.68 Å². The van der Waals surface area contributed by atoms with Crippen molar-refractivity contribution in [3.63, 3.8) is 0 Å². The van der Waals surface area contributed by atoms with Gasteiger partial charge in [0, 0.05) is 26.0 Å². The molecule has 6 heteroatoms. The molecule has 2 aromatic rings. The van der Waals surface area contributed by atoms with Crippen molar-refractivity contribution in [3.05, 3.63) is 53.6 Å². The van der Waals surface area contributed by atoms with Gasteiger partial charge in [0.25, 0.3) is 0 Å². The Labute approximate surface area is 134 Å². The van der Waals surface area contributed by atoms with E-state index in [4.69, 9.17) is 9.47 Å². The van der Waals surface area contributed by atoms with Gasteiger partial charge in [0.15, 0.2) is 0 Å². The van der Waals surface area contributed by atoms with Crippen molar-refractivity contribution >= 4 is 5.97 Å². The Kier molecular flexibility index (Phi) is 4.43. The highest BCUT2D eigenvalue weighted by Crippen LogP contribution is 2.27. The average Bonchev–Trinajstić information content (AvgIpc) is 2.92. The van der Waals surface area contributed by atoms with Crippen LogP contribution < -0.4 is 0 Å². The summed E-state index contributed by atoms with van der Waals surface area (Å²) in [6.45, 7) is 1.86. The molecule has 3 rings (SSSR count). The Hall–Kier alpha value is -2.21. The summed E-state index contributed by atoms with van der Waals surface area (Å²) in [4.78, 5) is 12.3. The summed E-state index contributed by atoms with van der Waals surface area (Å²) in [5, 5.41) is 3.81. The normalized spacial score (nSPS) is 21.5. The SMILES string of the molecule is COC1CC(OC(=O)c2cc(F)nn2[C@H](C)c2ccccc2)C1. The summed E-state index contributed by atoms with van der Waals surface area (Å²) in [6, 6.07) is 10.4. The molecular weight excluding hydrogens is 299 g/mol. The minimum atomic E-state index is -0.692. The number of methoxy groups -OCH3 is 1. The molecule has 0 bridgehead atoms. The van der Waals surface area contributed by atoms with Gasteiger partial charge in [0.1, 0.15) is 11.8 Å². The molecular formula is C17H19FN2O3. The third-order valence-corrected chi connectivity index (χ3v) is 4.22. The van der Waals surface area contributed by atoms with E-state index in [0.717, 1.165) is 11.6 Å². The van der Waals surface area contributed by atoms with Crippen molar-refractivity contribution in [3.8, 4) is 0 Å². The topological polar surface area (TPSA) is 53.4 Å². The Balaban J connectivity index is 1.76. The van der Waals surface area contributed by atoms with Crippen LogP contribution in [0.5, 0.6) is 0 Å². The Morgan fingerprint density at radius 1 is 1.30 bits per heavy atom. The average molecular weight is 318 g/mol. The maximum Gasteiger partial charge on any atom is 0.357 e. The third kappa shape index (κ3) is 3.27. The molecule has 1 aromatic heterocycles. The van der Waals surface area contributed by atoms with Crippen molar-refractivity contribution in [2.45, 2.75) is 38.0 Å². The predicted molar refractivity (Wildman–Crippen MR) is 81.7 cm³/mol. The Morgan fingerprint density at radius 2 is 2.00 bits per heavy atom. The summed E-state index contributed by atoms with van der Waals surface area (Å²) < 4.78 is 25.5. The van der Waals surface area contributed by atoms with Gasteiger partial charge in [-0.15, -0.1) is 5.10 Å². The number of rotatable bonds is 5. The van der Waals surface area contributed by atoms with Crippen molar-refractivity contribution in [1.82, 2.24) is 9.78 Å². The number of carbonyl (C=O) groups excluding carboxylic acids is 1. The van der Waals surface area contributed by atoms with Crippen LogP contribution in [-0.4, -0.2) is 35.1 Å². The number of carbonyl (C=O) groups is 1. The van der Waals surface area contributed by atoms with Crippen LogP contribution in [0.25, 0.3) is 0 Å². The zero-order valence-electron chi connectivity index (χ0n) is 13.1. The van der Waals surface area contributed by atoms with Gasteiger partial charge >= 0.3 is 5.97 Å². The summed E-state index contributed by atoms with van der Waals surface area (Å²) in [5.74, 6) is -1.24. The molecule has 1 aliphatic carbocycles. The van der Waals surface area contributed by atoms with E-state index in [2.05, 4.69) is 5.10 Å². The zero-order chi connectivity index (χ0) is 16.4. The Morgan fingerprint density at radius 3 is 2.65 bits per heavy atom. The number of esters is 1. The number of benzene rings is 1. The molecule has 0 unspecified atom stereocenters. The number of halogens is 1. The van der Waals surface area contributed by atoms with E-state index in [1.807, 2.05) is 37.3 Å². The van der Waals surface area contributed by atoms with Crippen molar-refractivity contribution < 1.29 is 18.7 Å². The molecule has 0 N–H and O–H groups in total. The molecule has 1 atom stereocenters. The van der Waals surface area contributed by atoms with Gasteiger partial charge in [-0.1, -0.05) is 30.3 Å². The fraction of sp³-hybridized carbons (Fsp3) is 0.412. The number of ether oxygens (including phenoxy) is 2. The summed E-state index contributed by atoms with van der Waals surface area (Å²) >= 11 is 0. The lowest BCUT2D eigenvalue weighted by Gasteiger charge is -2.33. The first kappa shape index (κ1) is 15.7. The minimum absolute atomic E-state index is 0.125. The third-order valence-electron chi connectivity index (χ3n) is 4.22. The van der Waals surface area contributed by atoms with Gasteiger partial charge in [-0.25, -0.2) is 9.48 Å². The molecule has 5 nitrogen and oxygen atoms in total. The van der Waals surface area contributed by atoms with Crippen LogP contribution in [0.1, 0.15) is 41.9 Å². The van der Waals surface area contributed by atoms with Gasteiger partial charge in [-0.2, -0.15) is 4.39 Å². The second-order valence-corrected chi connectivity index (χ2v) is 5.74. The zero-order valence-corrected chi connectivity index (χ0v) is 13.1. The molecule has 0 saturated heterocycles. The monoisotopic (exact) mass is 318 g/mol. The standard InChI is InChI=1S/C17H19FN2O3/c1-11(12-6-4-3-5-7-12)20-15(10-16(18)19-20)17(21)23-14-8-13(9-14)22-2/h3-7,10-11,13-14H,8-9H2,1-2H3/t11-,13?,14?/m1/s1. The van der Waals surface area contributed by atoms with Gasteiger partial charge in [-0.05, 0) is 12.5 Å². The van der Waals surface area contributed by atoms with E-state index in [1.54, 1.807) is 7.11 Å². The predicted octanol–water partition coefficient (Wildman–Crippen LogP) is 2.97. The van der Waals surface area contributed by atoms with Crippen molar-refractivity contribution in [2.75, 3.05) is 7.11 Å². The second-order valence-electron chi connectivity index (χ2n) is 5.74. The highest BCUT2D eigenvalue weighted by Gasteiger charge is 2.33. The van der Waals surface area contributed by atoms with Crippen LogP contribution in [0, 0.1) is 5.95 Å². The van der Waals surface area contributed by atoms with Gasteiger partial charge in [0.05, 0.1) is 12.1 Å².